The molecule has 0 bridgehead atoms. The number of nitrogens with zero attached hydrogens (tertiary/aromatic N) is 2. The normalized spacial score (nSPS) is 11.4. The zero-order chi connectivity index (χ0) is 16.2. The van der Waals surface area contributed by atoms with E-state index < -0.39 is 9.84 Å². The molecule has 22 heavy (non-hydrogen) atoms. The summed E-state index contributed by atoms with van der Waals surface area (Å²) < 4.78 is 23.1. The molecule has 2 aromatic rings. The first-order chi connectivity index (χ1) is 10.4. The lowest BCUT2D eigenvalue weighted by molar-refractivity contribution is 0.301. The molecule has 0 saturated carbocycles. The second-order valence-corrected chi connectivity index (χ2v) is 7.30. The van der Waals surface area contributed by atoms with E-state index in [1.807, 2.05) is 35.2 Å². The summed E-state index contributed by atoms with van der Waals surface area (Å²) >= 11 is 6.18. The topological polar surface area (TPSA) is 70.5 Å². The van der Waals surface area contributed by atoms with E-state index >= 15 is 0 Å². The van der Waals surface area contributed by atoms with Gasteiger partial charge in [0, 0.05) is 25.5 Å². The molecule has 0 spiro atoms. The fourth-order valence-electron chi connectivity index (χ4n) is 2.03. The molecule has 0 radical (unpaired) electrons. The fraction of sp³-hybridized carbons (Fsp3) is 0.267. The molecule has 118 valence electrons. The summed E-state index contributed by atoms with van der Waals surface area (Å²) in [5.74, 6) is 0.451. The summed E-state index contributed by atoms with van der Waals surface area (Å²) in [6.45, 7) is 0.810. The smallest absolute Gasteiger partial charge is 0.177 e. The number of hydrogen-bond acceptors (Lipinski definition) is 5. The number of rotatable bonds is 6. The first-order valence-corrected chi connectivity index (χ1v) is 8.94. The number of halogens is 1. The second-order valence-electron chi connectivity index (χ2n) is 4.88. The molecule has 0 aliphatic heterocycles. The molecule has 2 rings (SSSR count). The summed E-state index contributed by atoms with van der Waals surface area (Å²) in [6.07, 6.45) is 2.39. The van der Waals surface area contributed by atoms with Crippen molar-refractivity contribution in [1.82, 2.24) is 4.98 Å². The van der Waals surface area contributed by atoms with Gasteiger partial charge < -0.3 is 10.0 Å². The zero-order valence-electron chi connectivity index (χ0n) is 12.1. The van der Waals surface area contributed by atoms with Crippen molar-refractivity contribution in [3.63, 3.8) is 0 Å². The number of pyridine rings is 1. The van der Waals surface area contributed by atoms with Crippen LogP contribution in [0.5, 0.6) is 0 Å². The molecule has 0 aliphatic rings. The van der Waals surface area contributed by atoms with Crippen LogP contribution in [0.2, 0.25) is 5.02 Å². The van der Waals surface area contributed by atoms with Gasteiger partial charge in [-0.3, -0.25) is 0 Å². The monoisotopic (exact) mass is 340 g/mol. The molecule has 0 fully saturated rings. The van der Waals surface area contributed by atoms with Gasteiger partial charge in [-0.25, -0.2) is 13.4 Å². The van der Waals surface area contributed by atoms with Crippen molar-refractivity contribution in [2.45, 2.75) is 11.4 Å². The minimum absolute atomic E-state index is 0.0569. The zero-order valence-corrected chi connectivity index (χ0v) is 13.7. The average Bonchev–Trinajstić information content (AvgIpc) is 2.47. The van der Waals surface area contributed by atoms with Crippen molar-refractivity contribution in [2.24, 2.45) is 0 Å². The summed E-state index contributed by atoms with van der Waals surface area (Å²) in [5, 5.41) is 9.49. The lowest BCUT2D eigenvalue weighted by Gasteiger charge is -2.24. The van der Waals surface area contributed by atoms with Gasteiger partial charge in [-0.1, -0.05) is 41.9 Å². The molecule has 0 aliphatic carbocycles. The predicted octanol–water partition coefficient (Wildman–Crippen LogP) is 2.14. The Bertz CT molecular complexity index is 736. The molecule has 0 amide bonds. The van der Waals surface area contributed by atoms with Gasteiger partial charge in [0.1, 0.15) is 5.82 Å². The third kappa shape index (κ3) is 4.19. The van der Waals surface area contributed by atoms with Gasteiger partial charge in [0.05, 0.1) is 16.5 Å². The van der Waals surface area contributed by atoms with Crippen LogP contribution in [-0.2, 0) is 16.4 Å². The minimum Gasteiger partial charge on any atom is -0.395 e. The highest BCUT2D eigenvalue weighted by atomic mass is 35.5. The van der Waals surface area contributed by atoms with E-state index in [1.165, 1.54) is 12.3 Å². The molecule has 1 heterocycles. The van der Waals surface area contributed by atoms with Crippen molar-refractivity contribution in [3.05, 3.63) is 53.2 Å². The molecule has 0 unspecified atom stereocenters. The third-order valence-corrected chi connectivity index (χ3v) is 4.47. The van der Waals surface area contributed by atoms with Gasteiger partial charge in [0.25, 0.3) is 0 Å². The molecule has 7 heteroatoms. The van der Waals surface area contributed by atoms with Crippen LogP contribution in [-0.4, -0.2) is 37.9 Å². The van der Waals surface area contributed by atoms with Gasteiger partial charge in [-0.15, -0.1) is 0 Å². The first-order valence-electron chi connectivity index (χ1n) is 6.67. The summed E-state index contributed by atoms with van der Waals surface area (Å²) in [5.41, 5.74) is 1.04. The molecule has 1 aromatic heterocycles. The standard InChI is InChI=1S/C15H17ClN2O3S/c1-22(20,21)13-9-14(16)15(17-10-13)18(7-8-19)11-12-5-3-2-4-6-12/h2-6,9-10,19H,7-8,11H2,1H3. The maximum absolute atomic E-state index is 11.5. The minimum atomic E-state index is -3.35. The van der Waals surface area contributed by atoms with Gasteiger partial charge in [0.15, 0.2) is 9.84 Å². The van der Waals surface area contributed by atoms with Crippen LogP contribution in [0.1, 0.15) is 5.56 Å². The number of benzene rings is 1. The summed E-state index contributed by atoms with van der Waals surface area (Å²) in [7, 11) is -3.35. The molecule has 0 atom stereocenters. The lowest BCUT2D eigenvalue weighted by Crippen LogP contribution is -2.27. The summed E-state index contributed by atoms with van der Waals surface area (Å²) in [4.78, 5) is 6.05. The van der Waals surface area contributed by atoms with Crippen LogP contribution in [0, 0.1) is 0 Å². The van der Waals surface area contributed by atoms with Gasteiger partial charge in [-0.05, 0) is 11.6 Å². The Morgan fingerprint density at radius 1 is 1.27 bits per heavy atom. The van der Waals surface area contributed by atoms with E-state index in [0.29, 0.717) is 18.9 Å². The highest BCUT2D eigenvalue weighted by molar-refractivity contribution is 7.90. The Morgan fingerprint density at radius 3 is 2.50 bits per heavy atom. The third-order valence-electron chi connectivity index (χ3n) is 3.11. The van der Waals surface area contributed by atoms with E-state index in [-0.39, 0.29) is 16.5 Å². The number of aliphatic hydroxyl groups is 1. The fourth-order valence-corrected chi connectivity index (χ4v) is 2.96. The van der Waals surface area contributed by atoms with E-state index in [0.717, 1.165) is 11.8 Å². The Morgan fingerprint density at radius 2 is 1.95 bits per heavy atom. The Labute approximate surface area is 135 Å². The van der Waals surface area contributed by atoms with E-state index in [4.69, 9.17) is 11.6 Å². The van der Waals surface area contributed by atoms with Crippen LogP contribution >= 0.6 is 11.6 Å². The van der Waals surface area contributed by atoms with Crippen molar-refractivity contribution < 1.29 is 13.5 Å². The Hall–Kier alpha value is -1.63. The van der Waals surface area contributed by atoms with Crippen molar-refractivity contribution in [1.29, 1.82) is 0 Å². The van der Waals surface area contributed by atoms with E-state index in [1.54, 1.807) is 0 Å². The van der Waals surface area contributed by atoms with Crippen LogP contribution in [0.15, 0.2) is 47.5 Å². The van der Waals surface area contributed by atoms with Gasteiger partial charge >= 0.3 is 0 Å². The van der Waals surface area contributed by atoms with E-state index in [2.05, 4.69) is 4.98 Å². The van der Waals surface area contributed by atoms with Crippen molar-refractivity contribution >= 4 is 27.3 Å². The van der Waals surface area contributed by atoms with E-state index in [9.17, 15) is 13.5 Å². The number of sulfone groups is 1. The van der Waals surface area contributed by atoms with Crippen molar-refractivity contribution in [2.75, 3.05) is 24.3 Å². The van der Waals surface area contributed by atoms with Crippen LogP contribution in [0.4, 0.5) is 5.82 Å². The molecule has 5 nitrogen and oxygen atoms in total. The number of aromatic nitrogens is 1. The molecule has 0 saturated heterocycles. The molecule has 1 aromatic carbocycles. The van der Waals surface area contributed by atoms with Crippen LogP contribution in [0.25, 0.3) is 0 Å². The van der Waals surface area contributed by atoms with Crippen LogP contribution in [0.3, 0.4) is 0 Å². The second kappa shape index (κ2) is 7.09. The Kier molecular flexibility index (Phi) is 5.39. The van der Waals surface area contributed by atoms with Gasteiger partial charge in [0.2, 0.25) is 0 Å². The van der Waals surface area contributed by atoms with Crippen LogP contribution < -0.4 is 4.90 Å². The SMILES string of the molecule is CS(=O)(=O)c1cnc(N(CCO)Cc2ccccc2)c(Cl)c1. The predicted molar refractivity (Wildman–Crippen MR) is 86.9 cm³/mol. The average molecular weight is 341 g/mol. The molecular formula is C15H17ClN2O3S. The lowest BCUT2D eigenvalue weighted by atomic mass is 10.2. The number of hydrogen-bond donors (Lipinski definition) is 1. The van der Waals surface area contributed by atoms with Gasteiger partial charge in [-0.2, -0.15) is 0 Å². The Balaban J connectivity index is 2.32. The first kappa shape index (κ1) is 16.7. The maximum Gasteiger partial charge on any atom is 0.177 e. The highest BCUT2D eigenvalue weighted by Gasteiger charge is 2.16. The maximum atomic E-state index is 11.5. The molecule has 1 N–H and O–H groups in total. The number of aliphatic hydroxyl groups excluding tert-OH is 1. The number of anilines is 1. The van der Waals surface area contributed by atoms with Crippen molar-refractivity contribution in [3.8, 4) is 0 Å². The quantitative estimate of drug-likeness (QED) is 0.872. The highest BCUT2D eigenvalue weighted by Crippen LogP contribution is 2.27. The molecular weight excluding hydrogens is 324 g/mol. The summed E-state index contributed by atoms with van der Waals surface area (Å²) in [6, 6.07) is 11.1. The largest absolute Gasteiger partial charge is 0.395 e.